The van der Waals surface area contributed by atoms with E-state index in [2.05, 4.69) is 39.9 Å². The summed E-state index contributed by atoms with van der Waals surface area (Å²) in [4.78, 5) is 21.1. The van der Waals surface area contributed by atoms with Crippen molar-refractivity contribution < 1.29 is 4.79 Å². The second-order valence-corrected chi connectivity index (χ2v) is 7.70. The molecular formula is C19H26N4OS. The zero-order valence-electron chi connectivity index (χ0n) is 14.9. The van der Waals surface area contributed by atoms with Crippen LogP contribution in [0.5, 0.6) is 0 Å². The minimum atomic E-state index is 0.0495. The number of carbonyl (C=O) groups excluding carboxylic acids is 1. The molecule has 3 rings (SSSR count). The van der Waals surface area contributed by atoms with Gasteiger partial charge in [0.15, 0.2) is 0 Å². The van der Waals surface area contributed by atoms with Gasteiger partial charge in [-0.2, -0.15) is 0 Å². The molecule has 1 aromatic carbocycles. The molecule has 1 aliphatic rings. The van der Waals surface area contributed by atoms with Crippen LogP contribution in [-0.2, 0) is 13.0 Å². The van der Waals surface area contributed by atoms with Crippen LogP contribution in [0.3, 0.4) is 0 Å². The molecule has 0 radical (unpaired) electrons. The maximum atomic E-state index is 12.0. The lowest BCUT2D eigenvalue weighted by Gasteiger charge is -2.34. The molecule has 2 aromatic rings. The second-order valence-electron chi connectivity index (χ2n) is 6.76. The number of thiazole rings is 1. The molecule has 0 saturated carbocycles. The maximum Gasteiger partial charge on any atom is 0.317 e. The van der Waals surface area contributed by atoms with Crippen molar-refractivity contribution in [3.05, 3.63) is 52.0 Å². The lowest BCUT2D eigenvalue weighted by molar-refractivity contribution is 0.133. The molecule has 1 saturated heterocycles. The van der Waals surface area contributed by atoms with Crippen molar-refractivity contribution >= 4 is 17.4 Å². The molecule has 6 heteroatoms. The fourth-order valence-electron chi connectivity index (χ4n) is 2.95. The van der Waals surface area contributed by atoms with E-state index < -0.39 is 0 Å². The quantitative estimate of drug-likeness (QED) is 0.894. The Morgan fingerprint density at radius 1 is 1.20 bits per heavy atom. The number of amides is 2. The van der Waals surface area contributed by atoms with Crippen LogP contribution in [0.25, 0.3) is 0 Å². The normalized spacial score (nSPS) is 15.6. The van der Waals surface area contributed by atoms with Gasteiger partial charge in [0.1, 0.15) is 0 Å². The van der Waals surface area contributed by atoms with E-state index in [1.165, 1.54) is 5.56 Å². The van der Waals surface area contributed by atoms with Crippen LogP contribution < -0.4 is 5.32 Å². The summed E-state index contributed by atoms with van der Waals surface area (Å²) in [5, 5.41) is 6.29. The van der Waals surface area contributed by atoms with Gasteiger partial charge in [0.2, 0.25) is 0 Å². The predicted molar refractivity (Wildman–Crippen MR) is 102 cm³/mol. The Kier molecular flexibility index (Phi) is 6.04. The number of hydrogen-bond donors (Lipinski definition) is 1. The molecular weight excluding hydrogens is 332 g/mol. The summed E-state index contributed by atoms with van der Waals surface area (Å²) in [7, 11) is 0. The van der Waals surface area contributed by atoms with Gasteiger partial charge in [0.25, 0.3) is 0 Å². The number of piperazine rings is 1. The first-order valence-electron chi connectivity index (χ1n) is 8.85. The fraction of sp³-hybridized carbons (Fsp3) is 0.474. The van der Waals surface area contributed by atoms with Gasteiger partial charge in [-0.3, -0.25) is 4.90 Å². The molecule has 25 heavy (non-hydrogen) atoms. The van der Waals surface area contributed by atoms with Gasteiger partial charge < -0.3 is 10.2 Å². The SMILES string of the molecule is CC(C)NC(=O)N1CCN(Cc2csc(Cc3ccccc3)n2)CC1. The molecule has 2 amide bonds. The van der Waals surface area contributed by atoms with Gasteiger partial charge in [-0.05, 0) is 19.4 Å². The highest BCUT2D eigenvalue weighted by Crippen LogP contribution is 2.16. The fourth-order valence-corrected chi connectivity index (χ4v) is 3.77. The van der Waals surface area contributed by atoms with Crippen LogP contribution in [0.1, 0.15) is 30.1 Å². The third kappa shape index (κ3) is 5.28. The summed E-state index contributed by atoms with van der Waals surface area (Å²) >= 11 is 1.73. The monoisotopic (exact) mass is 358 g/mol. The zero-order valence-corrected chi connectivity index (χ0v) is 15.8. The van der Waals surface area contributed by atoms with Gasteiger partial charge >= 0.3 is 6.03 Å². The minimum Gasteiger partial charge on any atom is -0.336 e. The topological polar surface area (TPSA) is 48.5 Å². The maximum absolute atomic E-state index is 12.0. The van der Waals surface area contributed by atoms with E-state index in [-0.39, 0.29) is 12.1 Å². The van der Waals surface area contributed by atoms with E-state index in [0.29, 0.717) is 0 Å². The Hall–Kier alpha value is -1.92. The third-order valence-corrected chi connectivity index (χ3v) is 5.15. The number of hydrogen-bond acceptors (Lipinski definition) is 4. The third-order valence-electron chi connectivity index (χ3n) is 4.25. The molecule has 1 aliphatic heterocycles. The first kappa shape index (κ1) is 17.9. The number of aromatic nitrogens is 1. The summed E-state index contributed by atoms with van der Waals surface area (Å²) in [6.07, 6.45) is 0.897. The average Bonchev–Trinajstić information content (AvgIpc) is 3.02. The van der Waals surface area contributed by atoms with E-state index in [1.54, 1.807) is 11.3 Å². The van der Waals surface area contributed by atoms with Gasteiger partial charge in [-0.1, -0.05) is 30.3 Å². The lowest BCUT2D eigenvalue weighted by Crippen LogP contribution is -2.52. The molecule has 0 aliphatic carbocycles. The summed E-state index contributed by atoms with van der Waals surface area (Å²) in [5.74, 6) is 0. The minimum absolute atomic E-state index is 0.0495. The van der Waals surface area contributed by atoms with Gasteiger partial charge in [0, 0.05) is 50.6 Å². The van der Waals surface area contributed by atoms with E-state index in [4.69, 9.17) is 4.98 Å². The standard InChI is InChI=1S/C19H26N4OS/c1-15(2)20-19(24)23-10-8-22(9-11-23)13-17-14-25-18(21-17)12-16-6-4-3-5-7-16/h3-7,14-15H,8-13H2,1-2H3,(H,20,24). The molecule has 0 bridgehead atoms. The van der Waals surface area contributed by atoms with Crippen molar-refractivity contribution in [3.63, 3.8) is 0 Å². The van der Waals surface area contributed by atoms with E-state index in [1.807, 2.05) is 24.8 Å². The number of carbonyl (C=O) groups is 1. The van der Waals surface area contributed by atoms with Crippen molar-refractivity contribution in [1.82, 2.24) is 20.1 Å². The van der Waals surface area contributed by atoms with Gasteiger partial charge in [-0.15, -0.1) is 11.3 Å². The highest BCUT2D eigenvalue weighted by atomic mass is 32.1. The molecule has 1 aromatic heterocycles. The number of nitrogens with one attached hydrogen (secondary N) is 1. The highest BCUT2D eigenvalue weighted by Gasteiger charge is 2.21. The molecule has 1 N–H and O–H groups in total. The first-order valence-corrected chi connectivity index (χ1v) is 9.73. The van der Waals surface area contributed by atoms with Crippen molar-refractivity contribution in [3.8, 4) is 0 Å². The first-order chi connectivity index (χ1) is 12.1. The van der Waals surface area contributed by atoms with Crippen molar-refractivity contribution in [2.24, 2.45) is 0 Å². The van der Waals surface area contributed by atoms with Crippen molar-refractivity contribution in [2.45, 2.75) is 32.9 Å². The molecule has 1 fully saturated rings. The Morgan fingerprint density at radius 3 is 2.60 bits per heavy atom. The smallest absolute Gasteiger partial charge is 0.317 e. The number of nitrogens with zero attached hydrogens (tertiary/aromatic N) is 3. The molecule has 2 heterocycles. The molecule has 0 atom stereocenters. The Labute approximate surface area is 153 Å². The Bertz CT molecular complexity index is 678. The molecule has 0 unspecified atom stereocenters. The molecule has 0 spiro atoms. The largest absolute Gasteiger partial charge is 0.336 e. The summed E-state index contributed by atoms with van der Waals surface area (Å²) in [6, 6.07) is 10.7. The van der Waals surface area contributed by atoms with Crippen LogP contribution in [0.15, 0.2) is 35.7 Å². The van der Waals surface area contributed by atoms with Gasteiger partial charge in [0.05, 0.1) is 10.7 Å². The van der Waals surface area contributed by atoms with Crippen LogP contribution in [0.2, 0.25) is 0 Å². The predicted octanol–water partition coefficient (Wildman–Crippen LogP) is 2.97. The Balaban J connectivity index is 1.47. The highest BCUT2D eigenvalue weighted by molar-refractivity contribution is 7.09. The van der Waals surface area contributed by atoms with Crippen LogP contribution in [0, 0.1) is 0 Å². The number of rotatable bonds is 5. The van der Waals surface area contributed by atoms with Crippen LogP contribution in [-0.4, -0.2) is 53.0 Å². The number of urea groups is 1. The van der Waals surface area contributed by atoms with Gasteiger partial charge in [-0.25, -0.2) is 9.78 Å². The average molecular weight is 359 g/mol. The number of benzene rings is 1. The zero-order chi connectivity index (χ0) is 17.6. The van der Waals surface area contributed by atoms with Crippen molar-refractivity contribution in [2.75, 3.05) is 26.2 Å². The summed E-state index contributed by atoms with van der Waals surface area (Å²) in [6.45, 7) is 8.20. The lowest BCUT2D eigenvalue weighted by atomic mass is 10.2. The second kappa shape index (κ2) is 8.45. The van der Waals surface area contributed by atoms with E-state index >= 15 is 0 Å². The summed E-state index contributed by atoms with van der Waals surface area (Å²) in [5.41, 5.74) is 2.43. The molecule has 5 nitrogen and oxygen atoms in total. The molecule has 134 valence electrons. The van der Waals surface area contributed by atoms with Crippen molar-refractivity contribution in [1.29, 1.82) is 0 Å². The van der Waals surface area contributed by atoms with Crippen LogP contribution in [0.4, 0.5) is 4.79 Å². The summed E-state index contributed by atoms with van der Waals surface area (Å²) < 4.78 is 0. The van der Waals surface area contributed by atoms with E-state index in [0.717, 1.165) is 49.8 Å². The van der Waals surface area contributed by atoms with Crippen LogP contribution >= 0.6 is 11.3 Å². The Morgan fingerprint density at radius 2 is 1.92 bits per heavy atom. The van der Waals surface area contributed by atoms with E-state index in [9.17, 15) is 4.79 Å².